The van der Waals surface area contributed by atoms with Crippen LogP contribution >= 0.6 is 0 Å². The Labute approximate surface area is 112 Å². The summed E-state index contributed by atoms with van der Waals surface area (Å²) >= 11 is 0. The minimum Gasteiger partial charge on any atom is -0.381 e. The molecule has 2 aromatic rings. The number of ether oxygens (including phenoxy) is 1. The van der Waals surface area contributed by atoms with Crippen molar-refractivity contribution in [3.63, 3.8) is 0 Å². The molecule has 2 heterocycles. The fourth-order valence-electron chi connectivity index (χ4n) is 2.34. The van der Waals surface area contributed by atoms with Crippen LogP contribution in [0.4, 0.5) is 0 Å². The van der Waals surface area contributed by atoms with Crippen molar-refractivity contribution in [1.29, 1.82) is 0 Å². The van der Waals surface area contributed by atoms with Crippen molar-refractivity contribution < 1.29 is 9.53 Å². The largest absolute Gasteiger partial charge is 0.381 e. The number of Topliss-reactive ketones (excluding diaryl/α,β-unsaturated/α-hetero) is 1. The van der Waals surface area contributed by atoms with E-state index in [1.165, 1.54) is 0 Å². The van der Waals surface area contributed by atoms with Gasteiger partial charge in [0.05, 0.1) is 12.3 Å². The first-order valence-electron chi connectivity index (χ1n) is 6.57. The lowest BCUT2D eigenvalue weighted by atomic mass is 9.96. The second kappa shape index (κ2) is 5.36. The van der Waals surface area contributed by atoms with Crippen molar-refractivity contribution in [2.24, 2.45) is 5.92 Å². The van der Waals surface area contributed by atoms with Crippen LogP contribution in [0.3, 0.4) is 0 Å². The van der Waals surface area contributed by atoms with Gasteiger partial charge in [-0.05, 0) is 31.0 Å². The third-order valence-corrected chi connectivity index (χ3v) is 3.39. The van der Waals surface area contributed by atoms with E-state index in [2.05, 4.69) is 5.10 Å². The van der Waals surface area contributed by atoms with Gasteiger partial charge in [0.1, 0.15) is 5.69 Å². The Kier molecular flexibility index (Phi) is 3.42. The highest BCUT2D eigenvalue weighted by atomic mass is 16.5. The highest BCUT2D eigenvalue weighted by Gasteiger charge is 2.24. The summed E-state index contributed by atoms with van der Waals surface area (Å²) in [6.07, 6.45) is 3.68. The van der Waals surface area contributed by atoms with Crippen LogP contribution in [0.1, 0.15) is 23.3 Å². The van der Waals surface area contributed by atoms with E-state index in [0.717, 1.165) is 25.1 Å². The van der Waals surface area contributed by atoms with E-state index in [4.69, 9.17) is 4.74 Å². The fraction of sp³-hybridized carbons (Fsp3) is 0.333. The summed E-state index contributed by atoms with van der Waals surface area (Å²) in [7, 11) is 0. The first-order valence-corrected chi connectivity index (χ1v) is 6.57. The van der Waals surface area contributed by atoms with Crippen LogP contribution in [0.25, 0.3) is 5.69 Å². The Balaban J connectivity index is 1.79. The molecule has 1 aromatic heterocycles. The molecule has 1 unspecified atom stereocenters. The Morgan fingerprint density at radius 1 is 1.26 bits per heavy atom. The number of hydrogen-bond donors (Lipinski definition) is 0. The summed E-state index contributed by atoms with van der Waals surface area (Å²) in [4.78, 5) is 12.3. The number of carbonyl (C=O) groups is 1. The van der Waals surface area contributed by atoms with E-state index >= 15 is 0 Å². The third kappa shape index (κ3) is 2.58. The van der Waals surface area contributed by atoms with Crippen LogP contribution in [0, 0.1) is 5.92 Å². The van der Waals surface area contributed by atoms with Gasteiger partial charge in [-0.2, -0.15) is 5.10 Å². The Bertz CT molecular complexity index is 557. The zero-order chi connectivity index (χ0) is 13.1. The summed E-state index contributed by atoms with van der Waals surface area (Å²) < 4.78 is 7.09. The van der Waals surface area contributed by atoms with Gasteiger partial charge in [-0.25, -0.2) is 4.68 Å². The molecule has 1 atom stereocenters. The molecule has 4 nitrogen and oxygen atoms in total. The van der Waals surface area contributed by atoms with Crippen molar-refractivity contribution in [2.45, 2.75) is 12.8 Å². The van der Waals surface area contributed by atoms with Crippen molar-refractivity contribution in [2.75, 3.05) is 13.2 Å². The quantitative estimate of drug-likeness (QED) is 0.792. The van der Waals surface area contributed by atoms with E-state index < -0.39 is 0 Å². The van der Waals surface area contributed by atoms with Gasteiger partial charge in [0.2, 0.25) is 0 Å². The van der Waals surface area contributed by atoms with Crippen molar-refractivity contribution >= 4 is 5.78 Å². The summed E-state index contributed by atoms with van der Waals surface area (Å²) in [5.41, 5.74) is 1.49. The maximum atomic E-state index is 12.3. The van der Waals surface area contributed by atoms with E-state index in [-0.39, 0.29) is 11.7 Å². The average molecular weight is 256 g/mol. The molecule has 1 saturated heterocycles. The zero-order valence-electron chi connectivity index (χ0n) is 10.7. The summed E-state index contributed by atoms with van der Waals surface area (Å²) in [6.45, 7) is 1.29. The lowest BCUT2D eigenvalue weighted by Crippen LogP contribution is -2.25. The number of carbonyl (C=O) groups excluding carboxylic acids is 1. The Morgan fingerprint density at radius 3 is 2.84 bits per heavy atom. The molecular weight excluding hydrogens is 240 g/mol. The van der Waals surface area contributed by atoms with Crippen LogP contribution in [0.5, 0.6) is 0 Å². The first-order chi connectivity index (χ1) is 9.34. The number of rotatable bonds is 3. The van der Waals surface area contributed by atoms with Gasteiger partial charge in [0, 0.05) is 18.7 Å². The topological polar surface area (TPSA) is 44.1 Å². The van der Waals surface area contributed by atoms with Crippen molar-refractivity contribution in [3.8, 4) is 5.69 Å². The van der Waals surface area contributed by atoms with Crippen molar-refractivity contribution in [1.82, 2.24) is 9.78 Å². The van der Waals surface area contributed by atoms with Gasteiger partial charge in [0.25, 0.3) is 0 Å². The molecule has 1 aromatic carbocycles. The third-order valence-electron chi connectivity index (χ3n) is 3.39. The fourth-order valence-corrected chi connectivity index (χ4v) is 2.34. The van der Waals surface area contributed by atoms with Gasteiger partial charge in [-0.3, -0.25) is 4.79 Å². The highest BCUT2D eigenvalue weighted by molar-refractivity contribution is 5.96. The van der Waals surface area contributed by atoms with Crippen molar-refractivity contribution in [3.05, 3.63) is 48.3 Å². The molecule has 4 heteroatoms. The zero-order valence-corrected chi connectivity index (χ0v) is 10.7. The highest BCUT2D eigenvalue weighted by Crippen LogP contribution is 2.18. The van der Waals surface area contributed by atoms with E-state index in [9.17, 15) is 4.79 Å². The molecular formula is C15H16N2O2. The van der Waals surface area contributed by atoms with Gasteiger partial charge >= 0.3 is 0 Å². The number of aromatic nitrogens is 2. The maximum Gasteiger partial charge on any atom is 0.188 e. The molecule has 1 aliphatic rings. The van der Waals surface area contributed by atoms with E-state index in [1.54, 1.807) is 10.7 Å². The standard InChI is InChI=1S/C15H16N2O2/c18-15(12-5-4-10-19-11-12)14-8-9-17(16-14)13-6-2-1-3-7-13/h1-3,6-9,12H,4-5,10-11H2. The lowest BCUT2D eigenvalue weighted by molar-refractivity contribution is 0.0457. The minimum absolute atomic E-state index is 0.0344. The molecule has 0 radical (unpaired) electrons. The molecule has 0 aliphatic carbocycles. The van der Waals surface area contributed by atoms with Crippen LogP contribution < -0.4 is 0 Å². The predicted octanol–water partition coefficient (Wildman–Crippen LogP) is 2.48. The molecule has 0 bridgehead atoms. The van der Waals surface area contributed by atoms with Gasteiger partial charge in [-0.15, -0.1) is 0 Å². The summed E-state index contributed by atoms with van der Waals surface area (Å²) in [6, 6.07) is 11.6. The molecule has 1 aliphatic heterocycles. The SMILES string of the molecule is O=C(c1ccn(-c2ccccc2)n1)C1CCCOC1. The number of para-hydroxylation sites is 1. The number of benzene rings is 1. The lowest BCUT2D eigenvalue weighted by Gasteiger charge is -2.19. The van der Waals surface area contributed by atoms with Gasteiger partial charge < -0.3 is 4.74 Å². The Hall–Kier alpha value is -1.94. The number of hydrogen-bond acceptors (Lipinski definition) is 3. The molecule has 98 valence electrons. The van der Waals surface area contributed by atoms with Crippen LogP contribution in [-0.2, 0) is 4.74 Å². The smallest absolute Gasteiger partial charge is 0.188 e. The second-order valence-electron chi connectivity index (χ2n) is 4.76. The first kappa shape index (κ1) is 12.1. The molecule has 0 spiro atoms. The van der Waals surface area contributed by atoms with Crippen LogP contribution in [0.2, 0.25) is 0 Å². The predicted molar refractivity (Wildman–Crippen MR) is 71.4 cm³/mol. The molecule has 19 heavy (non-hydrogen) atoms. The van der Waals surface area contributed by atoms with Gasteiger partial charge in [-0.1, -0.05) is 18.2 Å². The van der Waals surface area contributed by atoms with Crippen LogP contribution in [0.15, 0.2) is 42.6 Å². The van der Waals surface area contributed by atoms with Crippen LogP contribution in [-0.4, -0.2) is 28.8 Å². The number of nitrogens with zero attached hydrogens (tertiary/aromatic N) is 2. The molecule has 0 saturated carbocycles. The Morgan fingerprint density at radius 2 is 2.11 bits per heavy atom. The molecule has 0 amide bonds. The molecule has 0 N–H and O–H groups in total. The molecule has 3 rings (SSSR count). The minimum atomic E-state index is -0.0344. The maximum absolute atomic E-state index is 12.3. The molecule has 1 fully saturated rings. The van der Waals surface area contributed by atoms with E-state index in [0.29, 0.717) is 12.3 Å². The number of ketones is 1. The van der Waals surface area contributed by atoms with E-state index in [1.807, 2.05) is 36.5 Å². The second-order valence-corrected chi connectivity index (χ2v) is 4.76. The average Bonchev–Trinajstić information content (AvgIpc) is 2.98. The van der Waals surface area contributed by atoms with Gasteiger partial charge in [0.15, 0.2) is 5.78 Å². The monoisotopic (exact) mass is 256 g/mol. The summed E-state index contributed by atoms with van der Waals surface area (Å²) in [5.74, 6) is 0.0576. The summed E-state index contributed by atoms with van der Waals surface area (Å²) in [5, 5.41) is 4.37. The normalized spacial score (nSPS) is 19.3.